The highest BCUT2D eigenvalue weighted by molar-refractivity contribution is 5.78. The summed E-state index contributed by atoms with van der Waals surface area (Å²) < 4.78 is 0. The van der Waals surface area contributed by atoms with Gasteiger partial charge in [0.2, 0.25) is 5.91 Å². The Labute approximate surface area is 127 Å². The van der Waals surface area contributed by atoms with Gasteiger partial charge in [0.25, 0.3) is 0 Å². The van der Waals surface area contributed by atoms with Crippen molar-refractivity contribution < 1.29 is 9.90 Å². The smallest absolute Gasteiger partial charge is 0.221 e. The Morgan fingerprint density at radius 3 is 2.33 bits per heavy atom. The maximum absolute atomic E-state index is 12.4. The van der Waals surface area contributed by atoms with Crippen molar-refractivity contribution in [2.75, 3.05) is 6.61 Å². The number of aryl methyl sites for hydroxylation is 1. The summed E-state index contributed by atoms with van der Waals surface area (Å²) in [5, 5.41) is 12.7. The molecule has 1 aliphatic rings. The zero-order valence-corrected chi connectivity index (χ0v) is 13.4. The molecule has 0 radical (unpaired) electrons. The molecule has 1 amide bonds. The molecular weight excluding hydrogens is 262 g/mol. The van der Waals surface area contributed by atoms with Gasteiger partial charge in [0.05, 0.1) is 12.1 Å². The largest absolute Gasteiger partial charge is 0.394 e. The first-order valence-corrected chi connectivity index (χ1v) is 7.86. The van der Waals surface area contributed by atoms with Crippen LogP contribution >= 0.6 is 0 Å². The summed E-state index contributed by atoms with van der Waals surface area (Å²) in [6.07, 6.45) is 4.39. The van der Waals surface area contributed by atoms with Crippen LogP contribution < -0.4 is 5.32 Å². The van der Waals surface area contributed by atoms with E-state index in [-0.39, 0.29) is 23.5 Å². The molecule has 116 valence electrons. The SMILES string of the molecule is Cc1ccc(C(C)(C)CC(=O)NC2(CO)CCCC2)cc1. The molecule has 0 aliphatic heterocycles. The molecule has 0 heterocycles. The number of amides is 1. The highest BCUT2D eigenvalue weighted by Crippen LogP contribution is 2.31. The molecule has 0 spiro atoms. The molecule has 0 atom stereocenters. The Hall–Kier alpha value is -1.35. The average Bonchev–Trinajstić information content (AvgIpc) is 2.87. The number of nitrogens with one attached hydrogen (secondary N) is 1. The molecular formula is C18H27NO2. The van der Waals surface area contributed by atoms with Gasteiger partial charge in [-0.25, -0.2) is 0 Å². The Balaban J connectivity index is 2.02. The Kier molecular flexibility index (Phi) is 4.72. The van der Waals surface area contributed by atoms with E-state index in [9.17, 15) is 9.90 Å². The maximum Gasteiger partial charge on any atom is 0.221 e. The highest BCUT2D eigenvalue weighted by Gasteiger charge is 2.36. The zero-order valence-electron chi connectivity index (χ0n) is 13.4. The van der Waals surface area contributed by atoms with Crippen molar-refractivity contribution in [2.45, 2.75) is 63.8 Å². The molecule has 1 saturated carbocycles. The van der Waals surface area contributed by atoms with Crippen LogP contribution in [0.3, 0.4) is 0 Å². The number of rotatable bonds is 5. The first-order valence-electron chi connectivity index (χ1n) is 7.86. The number of hydrogen-bond acceptors (Lipinski definition) is 2. The van der Waals surface area contributed by atoms with Crippen molar-refractivity contribution in [3.63, 3.8) is 0 Å². The highest BCUT2D eigenvalue weighted by atomic mass is 16.3. The number of hydrogen-bond donors (Lipinski definition) is 2. The topological polar surface area (TPSA) is 49.3 Å². The van der Waals surface area contributed by atoms with Gasteiger partial charge in [0.15, 0.2) is 0 Å². The van der Waals surface area contributed by atoms with E-state index in [0.717, 1.165) is 25.7 Å². The van der Waals surface area contributed by atoms with E-state index in [1.165, 1.54) is 11.1 Å². The van der Waals surface area contributed by atoms with Crippen LogP contribution in [0.5, 0.6) is 0 Å². The number of carbonyl (C=O) groups excluding carboxylic acids is 1. The lowest BCUT2D eigenvalue weighted by molar-refractivity contribution is -0.124. The van der Waals surface area contributed by atoms with Gasteiger partial charge in [-0.2, -0.15) is 0 Å². The molecule has 3 heteroatoms. The molecule has 3 nitrogen and oxygen atoms in total. The first-order chi connectivity index (χ1) is 9.87. The summed E-state index contributed by atoms with van der Waals surface area (Å²) >= 11 is 0. The van der Waals surface area contributed by atoms with E-state index >= 15 is 0 Å². The van der Waals surface area contributed by atoms with Gasteiger partial charge in [-0.15, -0.1) is 0 Å². The zero-order chi connectivity index (χ0) is 15.5. The van der Waals surface area contributed by atoms with Gasteiger partial charge in [0.1, 0.15) is 0 Å². The monoisotopic (exact) mass is 289 g/mol. The molecule has 2 N–H and O–H groups in total. The predicted octanol–water partition coefficient (Wildman–Crippen LogP) is 3.08. The van der Waals surface area contributed by atoms with Crippen molar-refractivity contribution in [3.05, 3.63) is 35.4 Å². The van der Waals surface area contributed by atoms with Gasteiger partial charge in [-0.3, -0.25) is 4.79 Å². The van der Waals surface area contributed by atoms with E-state index in [0.29, 0.717) is 6.42 Å². The standard InChI is InChI=1S/C18H27NO2/c1-14-6-8-15(9-7-14)17(2,3)12-16(21)19-18(13-20)10-4-5-11-18/h6-9,20H,4-5,10-13H2,1-3H3,(H,19,21). The molecule has 21 heavy (non-hydrogen) atoms. The minimum absolute atomic E-state index is 0.0384. The number of aliphatic hydroxyl groups excluding tert-OH is 1. The van der Waals surface area contributed by atoms with Crippen LogP contribution in [0, 0.1) is 6.92 Å². The molecule has 1 fully saturated rings. The van der Waals surface area contributed by atoms with Crippen molar-refractivity contribution in [3.8, 4) is 0 Å². The Bertz CT molecular complexity index is 484. The van der Waals surface area contributed by atoms with Gasteiger partial charge in [-0.05, 0) is 30.7 Å². The second-order valence-corrected chi connectivity index (χ2v) is 7.12. The third-order valence-corrected chi connectivity index (χ3v) is 4.70. The van der Waals surface area contributed by atoms with Crippen LogP contribution in [0.2, 0.25) is 0 Å². The van der Waals surface area contributed by atoms with Crippen LogP contribution in [0.25, 0.3) is 0 Å². The number of carbonyl (C=O) groups is 1. The summed E-state index contributed by atoms with van der Waals surface area (Å²) in [5.74, 6) is 0.0384. The summed E-state index contributed by atoms with van der Waals surface area (Å²) in [7, 11) is 0. The molecule has 1 aromatic carbocycles. The Morgan fingerprint density at radius 1 is 1.24 bits per heavy atom. The fourth-order valence-electron chi connectivity index (χ4n) is 3.22. The molecule has 1 aliphatic carbocycles. The molecule has 0 aromatic heterocycles. The second-order valence-electron chi connectivity index (χ2n) is 7.12. The molecule has 2 rings (SSSR count). The molecule has 1 aromatic rings. The number of aliphatic hydroxyl groups is 1. The lowest BCUT2D eigenvalue weighted by Gasteiger charge is -2.31. The predicted molar refractivity (Wildman–Crippen MR) is 85.2 cm³/mol. The van der Waals surface area contributed by atoms with Crippen molar-refractivity contribution >= 4 is 5.91 Å². The van der Waals surface area contributed by atoms with Gasteiger partial charge >= 0.3 is 0 Å². The minimum Gasteiger partial charge on any atom is -0.394 e. The third-order valence-electron chi connectivity index (χ3n) is 4.70. The van der Waals surface area contributed by atoms with E-state index in [4.69, 9.17) is 0 Å². The van der Waals surface area contributed by atoms with E-state index in [1.54, 1.807) is 0 Å². The fraction of sp³-hybridized carbons (Fsp3) is 0.611. The van der Waals surface area contributed by atoms with Crippen LogP contribution in [-0.4, -0.2) is 23.2 Å². The fourth-order valence-corrected chi connectivity index (χ4v) is 3.22. The van der Waals surface area contributed by atoms with Gasteiger partial charge in [0, 0.05) is 6.42 Å². The van der Waals surface area contributed by atoms with Gasteiger partial charge < -0.3 is 10.4 Å². The van der Waals surface area contributed by atoms with Gasteiger partial charge in [-0.1, -0.05) is 56.5 Å². The quantitative estimate of drug-likeness (QED) is 0.875. The molecule has 0 bridgehead atoms. The molecule has 0 saturated heterocycles. The second kappa shape index (κ2) is 6.18. The van der Waals surface area contributed by atoms with E-state index in [1.807, 2.05) is 0 Å². The lowest BCUT2D eigenvalue weighted by Crippen LogP contribution is -2.50. The third kappa shape index (κ3) is 3.85. The first kappa shape index (κ1) is 16.0. The van der Waals surface area contributed by atoms with E-state index < -0.39 is 0 Å². The number of benzene rings is 1. The maximum atomic E-state index is 12.4. The normalized spacial score (nSPS) is 17.7. The van der Waals surface area contributed by atoms with Crippen molar-refractivity contribution in [2.24, 2.45) is 0 Å². The molecule has 0 unspecified atom stereocenters. The van der Waals surface area contributed by atoms with Crippen molar-refractivity contribution in [1.82, 2.24) is 5.32 Å². The van der Waals surface area contributed by atoms with Crippen LogP contribution in [-0.2, 0) is 10.2 Å². The summed E-state index contributed by atoms with van der Waals surface area (Å²) in [6.45, 7) is 6.30. The lowest BCUT2D eigenvalue weighted by atomic mass is 9.80. The summed E-state index contributed by atoms with van der Waals surface area (Å²) in [4.78, 5) is 12.4. The average molecular weight is 289 g/mol. The Morgan fingerprint density at radius 2 is 1.81 bits per heavy atom. The van der Waals surface area contributed by atoms with E-state index in [2.05, 4.69) is 50.4 Å². The van der Waals surface area contributed by atoms with Crippen LogP contribution in [0.15, 0.2) is 24.3 Å². The summed E-state index contributed by atoms with van der Waals surface area (Å²) in [6, 6.07) is 8.36. The van der Waals surface area contributed by atoms with Crippen LogP contribution in [0.1, 0.15) is 57.1 Å². The van der Waals surface area contributed by atoms with Crippen molar-refractivity contribution in [1.29, 1.82) is 0 Å². The van der Waals surface area contributed by atoms with Crippen LogP contribution in [0.4, 0.5) is 0 Å². The summed E-state index contributed by atoms with van der Waals surface area (Å²) in [5.41, 5.74) is 1.82. The minimum atomic E-state index is -0.375.